The van der Waals surface area contributed by atoms with E-state index in [1.807, 2.05) is 0 Å². The third-order valence-corrected chi connectivity index (χ3v) is 2.28. The summed E-state index contributed by atoms with van der Waals surface area (Å²) in [6.07, 6.45) is -4.59. The van der Waals surface area contributed by atoms with E-state index in [4.69, 9.17) is 5.11 Å². The predicted octanol–water partition coefficient (Wildman–Crippen LogP) is 1.66. The van der Waals surface area contributed by atoms with Gasteiger partial charge in [0.15, 0.2) is 12.3 Å². The number of carboxylic acid groups (broad SMARTS) is 1. The minimum absolute atomic E-state index is 0.405. The Morgan fingerprint density at radius 3 is 2.56 bits per heavy atom. The summed E-state index contributed by atoms with van der Waals surface area (Å²) in [5, 5.41) is 11.7. The van der Waals surface area contributed by atoms with Gasteiger partial charge in [-0.25, -0.2) is 4.79 Å². The number of hydrogen-bond acceptors (Lipinski definition) is 3. The molecule has 1 N–H and O–H groups in total. The van der Waals surface area contributed by atoms with E-state index in [9.17, 15) is 18.0 Å². The molecule has 1 heterocycles. The highest BCUT2D eigenvalue weighted by atomic mass is 79.9. The molecule has 1 rings (SSSR count). The average Bonchev–Trinajstić information content (AvgIpc) is 2.36. The number of carbonyl (C=O) groups is 1. The van der Waals surface area contributed by atoms with Crippen LogP contribution in [0.4, 0.5) is 13.2 Å². The predicted molar refractivity (Wildman–Crippen MR) is 49.0 cm³/mol. The summed E-state index contributed by atoms with van der Waals surface area (Å²) in [5.74, 6) is -1.71. The molecular formula is C7H6BrF3N2O3. The van der Waals surface area contributed by atoms with Gasteiger partial charge in [-0.2, -0.15) is 13.2 Å². The van der Waals surface area contributed by atoms with Crippen molar-refractivity contribution in [2.45, 2.75) is 6.18 Å². The molecule has 1 aromatic rings. The largest absolute Gasteiger partial charge is 0.479 e. The molecule has 90 valence electrons. The fourth-order valence-electron chi connectivity index (χ4n) is 1.00. The number of rotatable bonds is 3. The summed E-state index contributed by atoms with van der Waals surface area (Å²) in [6.45, 7) is -0.757. The third-order valence-electron chi connectivity index (χ3n) is 1.56. The molecule has 0 fully saturated rings. The van der Waals surface area contributed by atoms with Crippen LogP contribution < -0.4 is 4.74 Å². The van der Waals surface area contributed by atoms with Gasteiger partial charge in [0, 0.05) is 7.05 Å². The number of alkyl halides is 3. The Morgan fingerprint density at radius 1 is 1.62 bits per heavy atom. The van der Waals surface area contributed by atoms with Crippen molar-refractivity contribution in [1.82, 2.24) is 9.78 Å². The van der Waals surface area contributed by atoms with Crippen molar-refractivity contribution in [3.8, 4) is 5.88 Å². The Bertz CT molecular complexity index is 416. The smallest absolute Gasteiger partial charge is 0.434 e. The van der Waals surface area contributed by atoms with Gasteiger partial charge in [-0.15, -0.1) is 5.10 Å². The number of hydrogen-bond donors (Lipinski definition) is 1. The van der Waals surface area contributed by atoms with Gasteiger partial charge < -0.3 is 9.84 Å². The van der Waals surface area contributed by atoms with Crippen molar-refractivity contribution in [3.05, 3.63) is 10.2 Å². The lowest BCUT2D eigenvalue weighted by Gasteiger charge is -2.06. The van der Waals surface area contributed by atoms with Gasteiger partial charge >= 0.3 is 12.1 Å². The molecule has 1 aromatic heterocycles. The molecule has 0 radical (unpaired) electrons. The second-order valence-corrected chi connectivity index (χ2v) is 3.56. The molecule has 0 aromatic carbocycles. The van der Waals surface area contributed by atoms with Crippen LogP contribution in [0, 0.1) is 0 Å². The summed E-state index contributed by atoms with van der Waals surface area (Å²) >= 11 is 2.67. The zero-order valence-electron chi connectivity index (χ0n) is 7.88. The quantitative estimate of drug-likeness (QED) is 0.922. The van der Waals surface area contributed by atoms with Gasteiger partial charge in [0.2, 0.25) is 5.88 Å². The maximum Gasteiger partial charge on any atom is 0.434 e. The normalized spacial score (nSPS) is 11.6. The lowest BCUT2D eigenvalue weighted by atomic mass is 10.4. The van der Waals surface area contributed by atoms with E-state index in [1.54, 1.807) is 0 Å². The first-order valence-corrected chi connectivity index (χ1v) is 4.67. The monoisotopic (exact) mass is 302 g/mol. The minimum atomic E-state index is -4.59. The van der Waals surface area contributed by atoms with Crippen LogP contribution in [-0.4, -0.2) is 27.5 Å². The maximum atomic E-state index is 12.5. The molecule has 0 atom stereocenters. The lowest BCUT2D eigenvalue weighted by molar-refractivity contribution is -0.144. The van der Waals surface area contributed by atoms with Gasteiger partial charge in [0.1, 0.15) is 4.47 Å². The van der Waals surface area contributed by atoms with E-state index >= 15 is 0 Å². The molecule has 0 aliphatic rings. The van der Waals surface area contributed by atoms with E-state index in [-0.39, 0.29) is 0 Å². The van der Waals surface area contributed by atoms with Crippen molar-refractivity contribution < 1.29 is 27.8 Å². The van der Waals surface area contributed by atoms with Crippen molar-refractivity contribution in [2.24, 2.45) is 7.05 Å². The van der Waals surface area contributed by atoms with Crippen LogP contribution in [0.15, 0.2) is 4.47 Å². The first-order chi connectivity index (χ1) is 7.23. The molecule has 0 spiro atoms. The van der Waals surface area contributed by atoms with Crippen molar-refractivity contribution in [1.29, 1.82) is 0 Å². The summed E-state index contributed by atoms with van der Waals surface area (Å²) < 4.78 is 42.1. The number of halogens is 4. The average molecular weight is 303 g/mol. The Labute approximate surface area is 95.9 Å². The zero-order chi connectivity index (χ0) is 12.5. The second-order valence-electron chi connectivity index (χ2n) is 2.77. The fraction of sp³-hybridized carbons (Fsp3) is 0.429. The molecule has 0 amide bonds. The molecule has 0 bridgehead atoms. The van der Waals surface area contributed by atoms with Crippen LogP contribution in [0.2, 0.25) is 0 Å². The number of aromatic nitrogens is 2. The van der Waals surface area contributed by atoms with Gasteiger partial charge in [0.25, 0.3) is 0 Å². The highest BCUT2D eigenvalue weighted by Crippen LogP contribution is 2.38. The molecule has 0 aliphatic heterocycles. The summed E-state index contributed by atoms with van der Waals surface area (Å²) in [7, 11) is 1.08. The van der Waals surface area contributed by atoms with Crippen LogP contribution in [0.5, 0.6) is 5.88 Å². The van der Waals surface area contributed by atoms with Crippen molar-refractivity contribution in [3.63, 3.8) is 0 Å². The molecule has 0 aliphatic carbocycles. The minimum Gasteiger partial charge on any atom is -0.479 e. The first kappa shape index (κ1) is 12.8. The second kappa shape index (κ2) is 4.32. The SMILES string of the molecule is Cn1nc(OCC(=O)O)c(Br)c1C(F)(F)F. The zero-order valence-corrected chi connectivity index (χ0v) is 9.46. The topological polar surface area (TPSA) is 64.4 Å². The van der Waals surface area contributed by atoms with E-state index in [0.717, 1.165) is 7.05 Å². The number of aliphatic carboxylic acids is 1. The standard InChI is InChI=1S/C7H6BrF3N2O3/c1-13-5(7(9,10)11)4(8)6(12-13)16-2-3(14)15/h2H2,1H3,(H,14,15). The number of ether oxygens (including phenoxy) is 1. The van der Waals surface area contributed by atoms with E-state index < -0.39 is 34.8 Å². The van der Waals surface area contributed by atoms with E-state index in [1.165, 1.54) is 0 Å². The summed E-state index contributed by atoms with van der Waals surface area (Å²) in [4.78, 5) is 10.2. The van der Waals surface area contributed by atoms with Crippen molar-refractivity contribution >= 4 is 21.9 Å². The van der Waals surface area contributed by atoms with E-state index in [0.29, 0.717) is 4.68 Å². The van der Waals surface area contributed by atoms with Gasteiger partial charge in [-0.05, 0) is 15.9 Å². The lowest BCUT2D eigenvalue weighted by Crippen LogP contribution is -2.12. The number of aryl methyl sites for hydroxylation is 1. The molecule has 0 saturated heterocycles. The molecule has 5 nitrogen and oxygen atoms in total. The maximum absolute atomic E-state index is 12.5. The summed E-state index contributed by atoms with van der Waals surface area (Å²) in [6, 6.07) is 0. The number of carboxylic acids is 1. The molecule has 0 saturated carbocycles. The Balaban J connectivity index is 3.02. The molecule has 16 heavy (non-hydrogen) atoms. The Morgan fingerprint density at radius 2 is 2.19 bits per heavy atom. The van der Waals surface area contributed by atoms with Crippen molar-refractivity contribution in [2.75, 3.05) is 6.61 Å². The number of nitrogens with zero attached hydrogens (tertiary/aromatic N) is 2. The highest BCUT2D eigenvalue weighted by molar-refractivity contribution is 9.10. The Kier molecular flexibility index (Phi) is 3.46. The van der Waals surface area contributed by atoms with Crippen LogP contribution in [-0.2, 0) is 18.0 Å². The highest BCUT2D eigenvalue weighted by Gasteiger charge is 2.39. The fourth-order valence-corrected chi connectivity index (χ4v) is 1.68. The van der Waals surface area contributed by atoms with Gasteiger partial charge in [0.05, 0.1) is 0 Å². The van der Waals surface area contributed by atoms with Crippen LogP contribution >= 0.6 is 15.9 Å². The van der Waals surface area contributed by atoms with Gasteiger partial charge in [-0.1, -0.05) is 0 Å². The van der Waals surface area contributed by atoms with Gasteiger partial charge in [-0.3, -0.25) is 4.68 Å². The van der Waals surface area contributed by atoms with Crippen LogP contribution in [0.1, 0.15) is 5.69 Å². The first-order valence-electron chi connectivity index (χ1n) is 3.87. The van der Waals surface area contributed by atoms with E-state index in [2.05, 4.69) is 25.8 Å². The van der Waals surface area contributed by atoms with Crippen LogP contribution in [0.25, 0.3) is 0 Å². The third kappa shape index (κ3) is 2.65. The molecule has 0 unspecified atom stereocenters. The molecule has 9 heteroatoms. The summed E-state index contributed by atoms with van der Waals surface area (Å²) in [5.41, 5.74) is -1.03. The van der Waals surface area contributed by atoms with Crippen LogP contribution in [0.3, 0.4) is 0 Å². The Hall–Kier alpha value is -1.25. The molecular weight excluding hydrogens is 297 g/mol.